The van der Waals surface area contributed by atoms with Crippen LogP contribution in [0.5, 0.6) is 5.75 Å². The Morgan fingerprint density at radius 2 is 1.64 bits per heavy atom. The van der Waals surface area contributed by atoms with Crippen LogP contribution in [-0.2, 0) is 4.79 Å². The molecule has 1 rings (SSSR count). The average Bonchev–Trinajstić information content (AvgIpc) is 2.49. The Kier molecular flexibility index (Phi) is 5.75. The SMILES string of the molecule is Cc1c(Cl)cc(NC(=O)C(F)(F)C(F)(F)C(F)(F)C(F)F)c(O)c1Cl. The van der Waals surface area contributed by atoms with Crippen molar-refractivity contribution in [1.82, 2.24) is 0 Å². The van der Waals surface area contributed by atoms with E-state index in [1.54, 1.807) is 0 Å². The largest absolute Gasteiger partial charge is 0.504 e. The smallest absolute Gasteiger partial charge is 0.393 e. The molecule has 0 fully saturated rings. The van der Waals surface area contributed by atoms with E-state index in [1.165, 1.54) is 6.92 Å². The topological polar surface area (TPSA) is 49.3 Å². The molecule has 0 radical (unpaired) electrons. The number of hydrogen-bond acceptors (Lipinski definition) is 2. The maximum Gasteiger partial charge on any atom is 0.393 e. The summed E-state index contributed by atoms with van der Waals surface area (Å²) in [6.45, 7) is 1.27. The number of aromatic hydroxyl groups is 1. The highest BCUT2D eigenvalue weighted by Crippen LogP contribution is 2.49. The monoisotopic (exact) mass is 419 g/mol. The van der Waals surface area contributed by atoms with Gasteiger partial charge in [0, 0.05) is 5.02 Å². The van der Waals surface area contributed by atoms with Gasteiger partial charge >= 0.3 is 30.1 Å². The molecule has 0 unspecified atom stereocenters. The normalized spacial score (nSPS) is 13.3. The van der Waals surface area contributed by atoms with E-state index >= 15 is 0 Å². The first-order valence-corrected chi connectivity index (χ1v) is 6.75. The fourth-order valence-corrected chi connectivity index (χ4v) is 1.94. The zero-order valence-electron chi connectivity index (χ0n) is 11.8. The number of phenols is 1. The van der Waals surface area contributed by atoms with Gasteiger partial charge in [0.15, 0.2) is 5.75 Å². The Balaban J connectivity index is 3.28. The molecule has 0 aromatic heterocycles. The third-order valence-corrected chi connectivity index (χ3v) is 3.90. The van der Waals surface area contributed by atoms with Crippen LogP contribution in [0.25, 0.3) is 0 Å². The number of anilines is 1. The zero-order valence-corrected chi connectivity index (χ0v) is 13.3. The number of hydrogen-bond donors (Lipinski definition) is 2. The number of nitrogens with one attached hydrogen (secondary N) is 1. The van der Waals surface area contributed by atoms with Gasteiger partial charge in [-0.05, 0) is 18.6 Å². The van der Waals surface area contributed by atoms with Crippen molar-refractivity contribution >= 4 is 34.8 Å². The van der Waals surface area contributed by atoms with E-state index in [9.17, 15) is 45.0 Å². The molecular formula is C12H7Cl2F8NO2. The Labute approximate surface area is 144 Å². The molecule has 2 N–H and O–H groups in total. The molecule has 0 atom stereocenters. The zero-order chi connectivity index (χ0) is 20.0. The van der Waals surface area contributed by atoms with E-state index in [-0.39, 0.29) is 10.6 Å². The molecule has 0 aliphatic rings. The van der Waals surface area contributed by atoms with E-state index in [0.29, 0.717) is 6.07 Å². The van der Waals surface area contributed by atoms with Gasteiger partial charge in [0.2, 0.25) is 0 Å². The average molecular weight is 420 g/mol. The summed E-state index contributed by atoms with van der Waals surface area (Å²) in [7, 11) is 0. The highest BCUT2D eigenvalue weighted by atomic mass is 35.5. The van der Waals surface area contributed by atoms with Gasteiger partial charge in [-0.25, -0.2) is 8.78 Å². The summed E-state index contributed by atoms with van der Waals surface area (Å²) in [5.74, 6) is -23.6. The van der Waals surface area contributed by atoms with Crippen LogP contribution in [-0.4, -0.2) is 35.2 Å². The molecule has 3 nitrogen and oxygen atoms in total. The third kappa shape index (κ3) is 3.43. The van der Waals surface area contributed by atoms with E-state index in [4.69, 9.17) is 23.2 Å². The van der Waals surface area contributed by atoms with Crippen molar-refractivity contribution in [1.29, 1.82) is 0 Å². The third-order valence-electron chi connectivity index (χ3n) is 3.04. The Morgan fingerprint density at radius 1 is 1.16 bits per heavy atom. The molecule has 1 amide bonds. The van der Waals surface area contributed by atoms with Gasteiger partial charge in [0.05, 0.1) is 10.7 Å². The second-order valence-electron chi connectivity index (χ2n) is 4.72. The maximum atomic E-state index is 13.4. The van der Waals surface area contributed by atoms with Gasteiger partial charge in [0.1, 0.15) is 0 Å². The summed E-state index contributed by atoms with van der Waals surface area (Å²) in [6, 6.07) is 0.621. The van der Waals surface area contributed by atoms with Gasteiger partial charge < -0.3 is 10.4 Å². The number of benzene rings is 1. The first kappa shape index (κ1) is 21.6. The molecule has 0 saturated heterocycles. The molecule has 1 aromatic rings. The van der Waals surface area contributed by atoms with Gasteiger partial charge in [-0.1, -0.05) is 23.2 Å². The summed E-state index contributed by atoms with van der Waals surface area (Å²) in [4.78, 5) is 11.3. The van der Waals surface area contributed by atoms with Crippen molar-refractivity contribution in [3.8, 4) is 5.75 Å². The Morgan fingerprint density at radius 3 is 2.08 bits per heavy atom. The molecule has 1 aromatic carbocycles. The van der Waals surface area contributed by atoms with Crippen LogP contribution in [0.2, 0.25) is 10.0 Å². The van der Waals surface area contributed by atoms with Gasteiger partial charge in [-0.3, -0.25) is 4.79 Å². The summed E-state index contributed by atoms with van der Waals surface area (Å²) >= 11 is 11.1. The van der Waals surface area contributed by atoms with Crippen LogP contribution >= 0.6 is 23.2 Å². The lowest BCUT2D eigenvalue weighted by Crippen LogP contribution is -2.61. The van der Waals surface area contributed by atoms with E-state index < -0.39 is 46.6 Å². The molecule has 0 saturated carbocycles. The Hall–Kier alpha value is -1.49. The first-order chi connectivity index (χ1) is 11.1. The van der Waals surface area contributed by atoms with Crippen molar-refractivity contribution in [2.75, 3.05) is 5.32 Å². The fourth-order valence-electron chi connectivity index (χ4n) is 1.49. The molecule has 25 heavy (non-hydrogen) atoms. The fraction of sp³-hybridized carbons (Fsp3) is 0.417. The number of amides is 1. The van der Waals surface area contributed by atoms with E-state index in [1.807, 2.05) is 0 Å². The standard InChI is InChI=1S/C12H7Cl2F8NO2/c1-3-4(13)2-5(7(24)6(3)14)23-9(25)11(19,20)12(21,22)10(17,18)8(15)16/h2,8,24H,1H3,(H,23,25). The lowest BCUT2D eigenvalue weighted by Gasteiger charge is -2.31. The number of phenolic OH excluding ortho intramolecular Hbond substituents is 1. The summed E-state index contributed by atoms with van der Waals surface area (Å²) in [6.07, 6.45) is -5.17. The first-order valence-electron chi connectivity index (χ1n) is 5.99. The van der Waals surface area contributed by atoms with Crippen LogP contribution in [0.1, 0.15) is 5.56 Å². The van der Waals surface area contributed by atoms with E-state index in [0.717, 1.165) is 5.32 Å². The quantitative estimate of drug-likeness (QED) is 0.514. The summed E-state index contributed by atoms with van der Waals surface area (Å²) in [5, 5.41) is 9.73. The number of carbonyl (C=O) groups is 1. The summed E-state index contributed by atoms with van der Waals surface area (Å²) in [5.41, 5.74) is -0.985. The number of halogens is 10. The van der Waals surface area contributed by atoms with Crippen molar-refractivity contribution in [3.05, 3.63) is 21.7 Å². The number of rotatable bonds is 5. The van der Waals surface area contributed by atoms with Crippen LogP contribution in [0.4, 0.5) is 40.8 Å². The minimum atomic E-state index is -6.73. The minimum absolute atomic E-state index is 0.0279. The van der Waals surface area contributed by atoms with Crippen LogP contribution in [0.3, 0.4) is 0 Å². The number of alkyl halides is 8. The molecular weight excluding hydrogens is 413 g/mol. The molecule has 13 heteroatoms. The van der Waals surface area contributed by atoms with Crippen LogP contribution < -0.4 is 5.32 Å². The molecule has 0 aliphatic heterocycles. The predicted molar refractivity (Wildman–Crippen MR) is 72.3 cm³/mol. The molecule has 0 heterocycles. The molecule has 0 bridgehead atoms. The van der Waals surface area contributed by atoms with E-state index in [2.05, 4.69) is 0 Å². The summed E-state index contributed by atoms with van der Waals surface area (Å²) < 4.78 is 103. The maximum absolute atomic E-state index is 13.4. The second kappa shape index (κ2) is 6.67. The number of carbonyl (C=O) groups excluding carboxylic acids is 1. The van der Waals surface area contributed by atoms with Crippen molar-refractivity contribution in [2.24, 2.45) is 0 Å². The highest BCUT2D eigenvalue weighted by Gasteiger charge is 2.78. The molecule has 0 aliphatic carbocycles. The lowest BCUT2D eigenvalue weighted by molar-refractivity contribution is -0.326. The van der Waals surface area contributed by atoms with Gasteiger partial charge in [0.25, 0.3) is 0 Å². The van der Waals surface area contributed by atoms with Crippen molar-refractivity contribution < 1.29 is 45.0 Å². The second-order valence-corrected chi connectivity index (χ2v) is 5.51. The molecule has 0 spiro atoms. The minimum Gasteiger partial charge on any atom is -0.504 e. The van der Waals surface area contributed by atoms with Crippen molar-refractivity contribution in [2.45, 2.75) is 31.1 Å². The predicted octanol–water partition coefficient (Wildman–Crippen LogP) is 5.12. The van der Waals surface area contributed by atoms with Crippen molar-refractivity contribution in [3.63, 3.8) is 0 Å². The van der Waals surface area contributed by atoms with Crippen LogP contribution in [0.15, 0.2) is 6.07 Å². The lowest BCUT2D eigenvalue weighted by atomic mass is 10.0. The Bertz CT molecular complexity index is 696. The molecule has 142 valence electrons. The van der Waals surface area contributed by atoms with Gasteiger partial charge in [-0.2, -0.15) is 26.3 Å². The van der Waals surface area contributed by atoms with Crippen LogP contribution in [0, 0.1) is 6.92 Å². The highest BCUT2D eigenvalue weighted by molar-refractivity contribution is 6.37. The van der Waals surface area contributed by atoms with Gasteiger partial charge in [-0.15, -0.1) is 0 Å².